The van der Waals surface area contributed by atoms with Crippen LogP contribution < -0.4 is 5.32 Å². The molecule has 2 aromatic carbocycles. The Labute approximate surface area is 166 Å². The molecule has 5 nitrogen and oxygen atoms in total. The topological polar surface area (TPSA) is 58.6 Å². The van der Waals surface area contributed by atoms with Gasteiger partial charge in [0.05, 0.1) is 6.61 Å². The number of nitrogens with one attached hydrogen (secondary N) is 1. The minimum Gasteiger partial charge on any atom is -0.465 e. The van der Waals surface area contributed by atoms with E-state index in [2.05, 4.69) is 29.6 Å². The van der Waals surface area contributed by atoms with E-state index in [0.717, 1.165) is 11.1 Å². The SMILES string of the molecule is CCOC(=O)C1CC(N(C)C(=O)CC(c2ccccc2)c2ccccc2)CN1. The molecule has 0 bridgehead atoms. The second-order valence-electron chi connectivity index (χ2n) is 7.19. The summed E-state index contributed by atoms with van der Waals surface area (Å²) in [5, 5.41) is 3.18. The molecule has 2 unspecified atom stereocenters. The van der Waals surface area contributed by atoms with Crippen LogP contribution in [0, 0.1) is 0 Å². The molecule has 1 aliphatic rings. The van der Waals surface area contributed by atoms with Gasteiger partial charge in [0.15, 0.2) is 0 Å². The van der Waals surface area contributed by atoms with Crippen LogP contribution in [0.3, 0.4) is 0 Å². The van der Waals surface area contributed by atoms with Gasteiger partial charge in [0.1, 0.15) is 6.04 Å². The smallest absolute Gasteiger partial charge is 0.323 e. The highest BCUT2D eigenvalue weighted by Crippen LogP contribution is 2.29. The van der Waals surface area contributed by atoms with Crippen LogP contribution >= 0.6 is 0 Å². The third kappa shape index (κ3) is 4.78. The summed E-state index contributed by atoms with van der Waals surface area (Å²) >= 11 is 0. The van der Waals surface area contributed by atoms with Gasteiger partial charge < -0.3 is 15.0 Å². The number of rotatable bonds is 7. The van der Waals surface area contributed by atoms with Crippen molar-refractivity contribution in [2.45, 2.75) is 37.8 Å². The number of nitrogens with zero attached hydrogens (tertiary/aromatic N) is 1. The third-order valence-corrected chi connectivity index (χ3v) is 5.40. The molecule has 2 aromatic rings. The fourth-order valence-electron chi connectivity index (χ4n) is 3.76. The molecule has 0 radical (unpaired) electrons. The van der Waals surface area contributed by atoms with E-state index in [-0.39, 0.29) is 29.9 Å². The zero-order chi connectivity index (χ0) is 19.9. The number of ether oxygens (including phenoxy) is 1. The molecule has 2 atom stereocenters. The Balaban J connectivity index is 1.69. The lowest BCUT2D eigenvalue weighted by molar-refractivity contribution is -0.145. The van der Waals surface area contributed by atoms with Crippen LogP contribution in [-0.2, 0) is 14.3 Å². The van der Waals surface area contributed by atoms with Crippen LogP contribution in [0.15, 0.2) is 60.7 Å². The first-order chi connectivity index (χ1) is 13.6. The number of carbonyl (C=O) groups is 2. The molecular weight excluding hydrogens is 352 g/mol. The van der Waals surface area contributed by atoms with Gasteiger partial charge in [-0.2, -0.15) is 0 Å². The molecule has 0 aromatic heterocycles. The van der Waals surface area contributed by atoms with Crippen molar-refractivity contribution in [3.05, 3.63) is 71.8 Å². The third-order valence-electron chi connectivity index (χ3n) is 5.40. The van der Waals surface area contributed by atoms with Crippen LogP contribution in [0.2, 0.25) is 0 Å². The Morgan fingerprint density at radius 1 is 1.07 bits per heavy atom. The first-order valence-electron chi connectivity index (χ1n) is 9.85. The molecular formula is C23H28N2O3. The lowest BCUT2D eigenvalue weighted by Gasteiger charge is -2.27. The maximum atomic E-state index is 13.1. The van der Waals surface area contributed by atoms with Crippen LogP contribution in [-0.4, -0.2) is 49.1 Å². The quantitative estimate of drug-likeness (QED) is 0.751. The van der Waals surface area contributed by atoms with Crippen molar-refractivity contribution in [3.63, 3.8) is 0 Å². The standard InChI is InChI=1S/C23H28N2O3/c1-3-28-23(27)21-14-19(16-24-21)25(2)22(26)15-20(17-10-6-4-7-11-17)18-12-8-5-9-13-18/h4-13,19-21,24H,3,14-16H2,1-2H3. The second-order valence-corrected chi connectivity index (χ2v) is 7.19. The first kappa shape index (κ1) is 20.1. The van der Waals surface area contributed by atoms with Crippen molar-refractivity contribution in [1.29, 1.82) is 0 Å². The van der Waals surface area contributed by atoms with Crippen LogP contribution in [0.1, 0.15) is 36.8 Å². The summed E-state index contributed by atoms with van der Waals surface area (Å²) in [5.74, 6) is -0.154. The summed E-state index contributed by atoms with van der Waals surface area (Å²) in [6.45, 7) is 2.77. The Morgan fingerprint density at radius 2 is 1.64 bits per heavy atom. The maximum Gasteiger partial charge on any atom is 0.323 e. The van der Waals surface area contributed by atoms with E-state index in [9.17, 15) is 9.59 Å². The second kappa shape index (κ2) is 9.51. The molecule has 148 valence electrons. The Bertz CT molecular complexity index is 739. The van der Waals surface area contributed by atoms with Gasteiger partial charge in [0.2, 0.25) is 5.91 Å². The maximum absolute atomic E-state index is 13.1. The van der Waals surface area contributed by atoms with E-state index >= 15 is 0 Å². The predicted octanol–water partition coefficient (Wildman–Crippen LogP) is 2.96. The zero-order valence-electron chi connectivity index (χ0n) is 16.5. The van der Waals surface area contributed by atoms with E-state index < -0.39 is 0 Å². The van der Waals surface area contributed by atoms with Gasteiger partial charge in [-0.3, -0.25) is 9.59 Å². The molecule has 1 amide bonds. The minimum atomic E-state index is -0.334. The van der Waals surface area contributed by atoms with E-state index in [0.29, 0.717) is 26.0 Å². The molecule has 5 heteroatoms. The van der Waals surface area contributed by atoms with Crippen molar-refractivity contribution < 1.29 is 14.3 Å². The van der Waals surface area contributed by atoms with Crippen molar-refractivity contribution in [3.8, 4) is 0 Å². The monoisotopic (exact) mass is 380 g/mol. The minimum absolute atomic E-state index is 0.00546. The largest absolute Gasteiger partial charge is 0.465 e. The molecule has 1 saturated heterocycles. The van der Waals surface area contributed by atoms with Crippen molar-refractivity contribution in [1.82, 2.24) is 10.2 Å². The summed E-state index contributed by atoms with van der Waals surface area (Å²) in [4.78, 5) is 26.8. The number of benzene rings is 2. The van der Waals surface area contributed by atoms with Crippen LogP contribution in [0.5, 0.6) is 0 Å². The summed E-state index contributed by atoms with van der Waals surface area (Å²) in [7, 11) is 1.83. The fourth-order valence-corrected chi connectivity index (χ4v) is 3.76. The van der Waals surface area contributed by atoms with Crippen LogP contribution in [0.4, 0.5) is 0 Å². The average Bonchev–Trinajstić information content (AvgIpc) is 3.23. The number of amides is 1. The van der Waals surface area contributed by atoms with Gasteiger partial charge in [0.25, 0.3) is 0 Å². The van der Waals surface area contributed by atoms with Crippen molar-refractivity contribution in [2.24, 2.45) is 0 Å². The molecule has 1 aliphatic heterocycles. The molecule has 3 rings (SSSR count). The Morgan fingerprint density at radius 3 is 2.18 bits per heavy atom. The molecule has 0 spiro atoms. The molecule has 1 N–H and O–H groups in total. The zero-order valence-corrected chi connectivity index (χ0v) is 16.5. The van der Waals surface area contributed by atoms with Gasteiger partial charge in [0, 0.05) is 32.0 Å². The normalized spacial score (nSPS) is 18.8. The fraction of sp³-hybridized carbons (Fsp3) is 0.391. The summed E-state index contributed by atoms with van der Waals surface area (Å²) in [6, 6.07) is 19.9. The summed E-state index contributed by atoms with van der Waals surface area (Å²) in [6.07, 6.45) is 0.980. The van der Waals surface area contributed by atoms with E-state index in [4.69, 9.17) is 4.74 Å². The predicted molar refractivity (Wildman–Crippen MR) is 109 cm³/mol. The van der Waals surface area contributed by atoms with E-state index in [1.54, 1.807) is 11.8 Å². The highest BCUT2D eigenvalue weighted by atomic mass is 16.5. The Kier molecular flexibility index (Phi) is 6.82. The number of likely N-dealkylation sites (N-methyl/N-ethyl adjacent to an activating group) is 1. The number of hydrogen-bond donors (Lipinski definition) is 1. The average molecular weight is 380 g/mol. The molecule has 0 saturated carbocycles. The van der Waals surface area contributed by atoms with Gasteiger partial charge in [-0.15, -0.1) is 0 Å². The molecule has 0 aliphatic carbocycles. The lowest BCUT2D eigenvalue weighted by Crippen LogP contribution is -2.39. The summed E-state index contributed by atoms with van der Waals surface area (Å²) < 4.78 is 5.09. The van der Waals surface area contributed by atoms with E-state index in [1.165, 1.54) is 0 Å². The first-order valence-corrected chi connectivity index (χ1v) is 9.85. The van der Waals surface area contributed by atoms with Gasteiger partial charge in [-0.05, 0) is 24.5 Å². The van der Waals surface area contributed by atoms with Gasteiger partial charge in [-0.1, -0.05) is 60.7 Å². The number of carbonyl (C=O) groups excluding carboxylic acids is 2. The molecule has 28 heavy (non-hydrogen) atoms. The van der Waals surface area contributed by atoms with Crippen molar-refractivity contribution >= 4 is 11.9 Å². The van der Waals surface area contributed by atoms with Gasteiger partial charge >= 0.3 is 5.97 Å². The Hall–Kier alpha value is -2.66. The van der Waals surface area contributed by atoms with Crippen molar-refractivity contribution in [2.75, 3.05) is 20.2 Å². The van der Waals surface area contributed by atoms with Gasteiger partial charge in [-0.25, -0.2) is 0 Å². The highest BCUT2D eigenvalue weighted by molar-refractivity contribution is 5.79. The number of esters is 1. The highest BCUT2D eigenvalue weighted by Gasteiger charge is 2.34. The number of hydrogen-bond acceptors (Lipinski definition) is 4. The molecule has 1 fully saturated rings. The lowest BCUT2D eigenvalue weighted by atomic mass is 9.88. The molecule has 1 heterocycles. The van der Waals surface area contributed by atoms with Crippen LogP contribution in [0.25, 0.3) is 0 Å². The van der Waals surface area contributed by atoms with E-state index in [1.807, 2.05) is 43.4 Å². The summed E-state index contributed by atoms with van der Waals surface area (Å²) in [5.41, 5.74) is 2.26.